The van der Waals surface area contributed by atoms with Gasteiger partial charge in [-0.25, -0.2) is 9.78 Å². The fraction of sp³-hybridized carbons (Fsp3) is 0.450. The molecule has 28 heavy (non-hydrogen) atoms. The second-order valence-electron chi connectivity index (χ2n) is 6.94. The minimum Gasteiger partial charge on any atom is -0.450 e. The van der Waals surface area contributed by atoms with Crippen LogP contribution in [0.4, 0.5) is 27.9 Å². The van der Waals surface area contributed by atoms with Crippen LogP contribution in [-0.4, -0.2) is 60.8 Å². The number of ether oxygens (including phenoxy) is 1. The van der Waals surface area contributed by atoms with E-state index in [-0.39, 0.29) is 12.1 Å². The van der Waals surface area contributed by atoms with Crippen molar-refractivity contribution in [2.45, 2.75) is 25.8 Å². The number of piperidine rings is 1. The number of benzene rings is 1. The van der Waals surface area contributed by atoms with Crippen molar-refractivity contribution in [3.8, 4) is 0 Å². The molecule has 2 heterocycles. The SMILES string of the molecule is CCOC(=O)N1CCC(Nc2nccc(Nc3ccc(N(C)C)cc3)n2)CC1. The lowest BCUT2D eigenvalue weighted by Crippen LogP contribution is -2.42. The fourth-order valence-corrected chi connectivity index (χ4v) is 3.09. The average molecular weight is 384 g/mol. The van der Waals surface area contributed by atoms with E-state index >= 15 is 0 Å². The smallest absolute Gasteiger partial charge is 0.409 e. The van der Waals surface area contributed by atoms with Crippen LogP contribution in [0.2, 0.25) is 0 Å². The van der Waals surface area contributed by atoms with Gasteiger partial charge in [0.25, 0.3) is 0 Å². The van der Waals surface area contributed by atoms with Crippen LogP contribution in [0.1, 0.15) is 19.8 Å². The third kappa shape index (κ3) is 5.25. The number of nitrogens with one attached hydrogen (secondary N) is 2. The molecule has 0 bridgehead atoms. The van der Waals surface area contributed by atoms with Crippen LogP contribution in [0, 0.1) is 0 Å². The van der Waals surface area contributed by atoms with Gasteiger partial charge in [0.2, 0.25) is 5.95 Å². The van der Waals surface area contributed by atoms with Gasteiger partial charge in [-0.3, -0.25) is 0 Å². The highest BCUT2D eigenvalue weighted by Crippen LogP contribution is 2.20. The summed E-state index contributed by atoms with van der Waals surface area (Å²) in [7, 11) is 4.03. The van der Waals surface area contributed by atoms with E-state index in [0.29, 0.717) is 25.6 Å². The van der Waals surface area contributed by atoms with Crippen LogP contribution < -0.4 is 15.5 Å². The summed E-state index contributed by atoms with van der Waals surface area (Å²) in [6.45, 7) is 3.57. The fourth-order valence-electron chi connectivity index (χ4n) is 3.09. The number of amides is 1. The number of likely N-dealkylation sites (tertiary alicyclic amines) is 1. The molecule has 8 nitrogen and oxygen atoms in total. The summed E-state index contributed by atoms with van der Waals surface area (Å²) in [6.07, 6.45) is 3.18. The molecule has 1 saturated heterocycles. The van der Waals surface area contributed by atoms with Crippen LogP contribution in [0.5, 0.6) is 0 Å². The molecule has 1 amide bonds. The second kappa shape index (κ2) is 9.25. The first-order chi connectivity index (χ1) is 13.5. The Morgan fingerprint density at radius 2 is 1.93 bits per heavy atom. The number of hydrogen-bond acceptors (Lipinski definition) is 7. The van der Waals surface area contributed by atoms with Gasteiger partial charge in [0.1, 0.15) is 5.82 Å². The summed E-state index contributed by atoms with van der Waals surface area (Å²) in [6, 6.07) is 10.2. The number of hydrogen-bond donors (Lipinski definition) is 2. The number of anilines is 4. The first kappa shape index (κ1) is 19.7. The number of nitrogens with zero attached hydrogens (tertiary/aromatic N) is 4. The van der Waals surface area contributed by atoms with Crippen LogP contribution in [0.15, 0.2) is 36.5 Å². The maximum Gasteiger partial charge on any atom is 0.409 e. The molecule has 0 atom stereocenters. The van der Waals surface area contributed by atoms with Crippen molar-refractivity contribution in [1.82, 2.24) is 14.9 Å². The Morgan fingerprint density at radius 1 is 1.21 bits per heavy atom. The third-order valence-electron chi connectivity index (χ3n) is 4.67. The molecule has 1 aliphatic heterocycles. The van der Waals surface area contributed by atoms with Gasteiger partial charge in [0, 0.05) is 50.8 Å². The summed E-state index contributed by atoms with van der Waals surface area (Å²) in [5, 5.41) is 6.68. The molecule has 0 aliphatic carbocycles. The van der Waals surface area contributed by atoms with Gasteiger partial charge in [0.15, 0.2) is 0 Å². The van der Waals surface area contributed by atoms with E-state index in [1.165, 1.54) is 0 Å². The van der Waals surface area contributed by atoms with Crippen molar-refractivity contribution in [2.24, 2.45) is 0 Å². The average Bonchev–Trinajstić information content (AvgIpc) is 2.69. The van der Waals surface area contributed by atoms with E-state index in [1.807, 2.05) is 39.2 Å². The molecule has 8 heteroatoms. The molecule has 0 spiro atoms. The number of carbonyl (C=O) groups is 1. The zero-order valence-corrected chi connectivity index (χ0v) is 16.7. The van der Waals surface area contributed by atoms with E-state index < -0.39 is 0 Å². The minimum absolute atomic E-state index is 0.233. The molecule has 2 N–H and O–H groups in total. The largest absolute Gasteiger partial charge is 0.450 e. The minimum atomic E-state index is -0.233. The molecule has 1 aromatic carbocycles. The van der Waals surface area contributed by atoms with Crippen molar-refractivity contribution in [2.75, 3.05) is 49.3 Å². The normalized spacial score (nSPS) is 14.5. The molecule has 0 radical (unpaired) electrons. The summed E-state index contributed by atoms with van der Waals surface area (Å²) in [5.41, 5.74) is 2.11. The van der Waals surface area contributed by atoms with Gasteiger partial charge in [0.05, 0.1) is 6.61 Å². The quantitative estimate of drug-likeness (QED) is 0.790. The first-order valence-corrected chi connectivity index (χ1v) is 9.61. The number of aromatic nitrogens is 2. The van der Waals surface area contributed by atoms with E-state index in [1.54, 1.807) is 11.1 Å². The van der Waals surface area contributed by atoms with Crippen molar-refractivity contribution < 1.29 is 9.53 Å². The summed E-state index contributed by atoms with van der Waals surface area (Å²) < 4.78 is 5.06. The van der Waals surface area contributed by atoms with Crippen molar-refractivity contribution in [1.29, 1.82) is 0 Å². The molecule has 0 saturated carbocycles. The molecule has 1 aliphatic rings. The summed E-state index contributed by atoms with van der Waals surface area (Å²) >= 11 is 0. The first-order valence-electron chi connectivity index (χ1n) is 9.61. The standard InChI is InChI=1S/C20H28N6O2/c1-4-28-20(27)26-13-10-16(11-14-26)23-19-21-12-9-18(24-19)22-15-5-7-17(8-6-15)25(2)3/h5-9,12,16H,4,10-11,13-14H2,1-3H3,(H2,21,22,23,24). The van der Waals surface area contributed by atoms with Crippen molar-refractivity contribution in [3.63, 3.8) is 0 Å². The number of rotatable bonds is 6. The van der Waals surface area contributed by atoms with Crippen LogP contribution in [0.3, 0.4) is 0 Å². The maximum atomic E-state index is 11.8. The van der Waals surface area contributed by atoms with Gasteiger partial charge >= 0.3 is 6.09 Å². The highest BCUT2D eigenvalue weighted by atomic mass is 16.6. The number of carbonyl (C=O) groups excluding carboxylic acids is 1. The van der Waals surface area contributed by atoms with Crippen LogP contribution in [0.25, 0.3) is 0 Å². The molecular formula is C20H28N6O2. The molecule has 3 rings (SSSR count). The Hall–Kier alpha value is -3.03. The molecule has 1 fully saturated rings. The Morgan fingerprint density at radius 3 is 2.57 bits per heavy atom. The second-order valence-corrected chi connectivity index (χ2v) is 6.94. The van der Waals surface area contributed by atoms with E-state index in [0.717, 1.165) is 30.0 Å². The maximum absolute atomic E-state index is 11.8. The zero-order valence-electron chi connectivity index (χ0n) is 16.7. The van der Waals surface area contributed by atoms with Crippen LogP contribution >= 0.6 is 0 Å². The highest BCUT2D eigenvalue weighted by Gasteiger charge is 2.23. The van der Waals surface area contributed by atoms with Gasteiger partial charge in [-0.05, 0) is 50.1 Å². The Balaban J connectivity index is 1.54. The lowest BCUT2D eigenvalue weighted by molar-refractivity contribution is 0.0983. The van der Waals surface area contributed by atoms with E-state index in [4.69, 9.17) is 4.74 Å². The lowest BCUT2D eigenvalue weighted by Gasteiger charge is -2.31. The molecule has 0 unspecified atom stereocenters. The Labute approximate surface area is 165 Å². The predicted octanol–water partition coefficient (Wildman–Crippen LogP) is 3.32. The molecular weight excluding hydrogens is 356 g/mol. The molecule has 1 aromatic heterocycles. The van der Waals surface area contributed by atoms with E-state index in [9.17, 15) is 4.79 Å². The van der Waals surface area contributed by atoms with Crippen molar-refractivity contribution in [3.05, 3.63) is 36.5 Å². The zero-order chi connectivity index (χ0) is 19.9. The van der Waals surface area contributed by atoms with Gasteiger partial charge < -0.3 is 25.2 Å². The molecule has 150 valence electrons. The Bertz CT molecular complexity index is 773. The van der Waals surface area contributed by atoms with E-state index in [2.05, 4.69) is 37.6 Å². The third-order valence-corrected chi connectivity index (χ3v) is 4.67. The van der Waals surface area contributed by atoms with Crippen LogP contribution in [-0.2, 0) is 4.74 Å². The van der Waals surface area contributed by atoms with Crippen molar-refractivity contribution >= 4 is 29.2 Å². The predicted molar refractivity (Wildman–Crippen MR) is 111 cm³/mol. The van der Waals surface area contributed by atoms with Gasteiger partial charge in [-0.15, -0.1) is 0 Å². The molecule has 2 aromatic rings. The monoisotopic (exact) mass is 384 g/mol. The topological polar surface area (TPSA) is 82.6 Å². The van der Waals surface area contributed by atoms with Gasteiger partial charge in [-0.1, -0.05) is 0 Å². The summed E-state index contributed by atoms with van der Waals surface area (Å²) in [5.74, 6) is 1.32. The lowest BCUT2D eigenvalue weighted by atomic mass is 10.1. The highest BCUT2D eigenvalue weighted by molar-refractivity contribution is 5.67. The Kier molecular flexibility index (Phi) is 6.52. The summed E-state index contributed by atoms with van der Waals surface area (Å²) in [4.78, 5) is 24.5. The van der Waals surface area contributed by atoms with Gasteiger partial charge in [-0.2, -0.15) is 4.98 Å².